The zero-order valence-corrected chi connectivity index (χ0v) is 10.7. The zero-order chi connectivity index (χ0) is 11.9. The largest absolute Gasteiger partial charge is 0.338 e. The second kappa shape index (κ2) is 6.45. The van der Waals surface area contributed by atoms with Crippen LogP contribution in [0.4, 0.5) is 0 Å². The van der Waals surface area contributed by atoms with Crippen molar-refractivity contribution in [2.45, 2.75) is 25.5 Å². The molecule has 2 aromatic rings. The molecule has 0 amide bonds. The number of rotatable bonds is 6. The number of hydrogen-bond donors (Lipinski definition) is 0. The second-order valence-corrected chi connectivity index (χ2v) is 4.89. The van der Waals surface area contributed by atoms with Gasteiger partial charge in [-0.3, -0.25) is 0 Å². The molecule has 3 nitrogen and oxygen atoms in total. The van der Waals surface area contributed by atoms with Crippen molar-refractivity contribution in [1.82, 2.24) is 10.1 Å². The fourth-order valence-electron chi connectivity index (χ4n) is 1.42. The van der Waals surface area contributed by atoms with Crippen molar-refractivity contribution in [3.63, 3.8) is 0 Å². The van der Waals surface area contributed by atoms with Gasteiger partial charge in [-0.25, -0.2) is 0 Å². The Balaban J connectivity index is 1.92. The summed E-state index contributed by atoms with van der Waals surface area (Å²) in [7, 11) is 0. The van der Waals surface area contributed by atoms with E-state index in [1.807, 2.05) is 42.1 Å². The van der Waals surface area contributed by atoms with Crippen LogP contribution in [0.3, 0.4) is 0 Å². The van der Waals surface area contributed by atoms with Gasteiger partial charge in [0.25, 0.3) is 0 Å². The van der Waals surface area contributed by atoms with Crippen molar-refractivity contribution in [1.29, 1.82) is 0 Å². The molecule has 0 fully saturated rings. The van der Waals surface area contributed by atoms with Crippen molar-refractivity contribution in [2.24, 2.45) is 0 Å². The van der Waals surface area contributed by atoms with Gasteiger partial charge in [0.2, 0.25) is 11.7 Å². The molecule has 0 aliphatic rings. The highest BCUT2D eigenvalue weighted by molar-refractivity contribution is 7.98. The van der Waals surface area contributed by atoms with E-state index in [1.54, 1.807) is 0 Å². The van der Waals surface area contributed by atoms with E-state index >= 15 is 0 Å². The van der Waals surface area contributed by atoms with Crippen LogP contribution in [0.25, 0.3) is 11.4 Å². The van der Waals surface area contributed by atoms with E-state index in [0.29, 0.717) is 11.7 Å². The molecular formula is C13H16N2OS. The number of nitrogens with zero attached hydrogens (tertiary/aromatic N) is 2. The summed E-state index contributed by atoms with van der Waals surface area (Å²) in [6.45, 7) is 2.20. The maximum absolute atomic E-state index is 5.22. The molecule has 0 atom stereocenters. The van der Waals surface area contributed by atoms with E-state index in [-0.39, 0.29) is 0 Å². The fraction of sp³-hybridized carbons (Fsp3) is 0.385. The van der Waals surface area contributed by atoms with Gasteiger partial charge in [0.05, 0.1) is 5.75 Å². The molecule has 0 spiro atoms. The number of benzene rings is 1. The van der Waals surface area contributed by atoms with Gasteiger partial charge >= 0.3 is 0 Å². The molecule has 0 bridgehead atoms. The average Bonchev–Trinajstić information content (AvgIpc) is 2.85. The summed E-state index contributed by atoms with van der Waals surface area (Å²) in [5.74, 6) is 3.35. The van der Waals surface area contributed by atoms with Gasteiger partial charge in [-0.15, -0.1) is 0 Å². The van der Waals surface area contributed by atoms with Crippen LogP contribution in [0.15, 0.2) is 34.9 Å². The molecule has 0 N–H and O–H groups in total. The lowest BCUT2D eigenvalue weighted by Gasteiger charge is -1.94. The minimum absolute atomic E-state index is 0.677. The first-order valence-corrected chi connectivity index (χ1v) is 7.01. The fourth-order valence-corrected chi connectivity index (χ4v) is 2.35. The van der Waals surface area contributed by atoms with E-state index < -0.39 is 0 Å². The summed E-state index contributed by atoms with van der Waals surface area (Å²) in [4.78, 5) is 4.38. The summed E-state index contributed by atoms with van der Waals surface area (Å²) in [5.41, 5.74) is 1.00. The molecule has 0 saturated heterocycles. The number of aromatic nitrogens is 2. The molecule has 0 aliphatic carbocycles. The Bertz CT molecular complexity index is 442. The van der Waals surface area contributed by atoms with Crippen molar-refractivity contribution < 1.29 is 4.52 Å². The normalized spacial score (nSPS) is 10.6. The monoisotopic (exact) mass is 248 g/mol. The Kier molecular flexibility index (Phi) is 4.62. The highest BCUT2D eigenvalue weighted by Gasteiger charge is 2.07. The molecule has 1 aromatic carbocycles. The lowest BCUT2D eigenvalue weighted by Crippen LogP contribution is -1.84. The molecule has 1 aromatic heterocycles. The molecule has 2 rings (SSSR count). The Morgan fingerprint density at radius 1 is 1.24 bits per heavy atom. The van der Waals surface area contributed by atoms with Gasteiger partial charge in [-0.2, -0.15) is 16.7 Å². The van der Waals surface area contributed by atoms with Crippen LogP contribution in [0.1, 0.15) is 25.7 Å². The molecule has 1 heterocycles. The summed E-state index contributed by atoms with van der Waals surface area (Å²) in [5, 5.41) is 3.99. The van der Waals surface area contributed by atoms with Crippen LogP contribution >= 0.6 is 11.8 Å². The highest BCUT2D eigenvalue weighted by Crippen LogP contribution is 2.18. The first kappa shape index (κ1) is 12.2. The Hall–Kier alpha value is -1.29. The van der Waals surface area contributed by atoms with Gasteiger partial charge < -0.3 is 4.52 Å². The van der Waals surface area contributed by atoms with E-state index in [9.17, 15) is 0 Å². The Morgan fingerprint density at radius 3 is 2.82 bits per heavy atom. The summed E-state index contributed by atoms with van der Waals surface area (Å²) in [6, 6.07) is 9.89. The lowest BCUT2D eigenvalue weighted by molar-refractivity contribution is 0.391. The Labute approximate surface area is 106 Å². The standard InChI is InChI=1S/C13H16N2OS/c1-2-3-9-17-10-12-14-13(15-16-12)11-7-5-4-6-8-11/h4-8H,2-3,9-10H2,1H3. The van der Waals surface area contributed by atoms with Gasteiger partial charge in [0, 0.05) is 5.56 Å². The van der Waals surface area contributed by atoms with Gasteiger partial charge in [0.15, 0.2) is 0 Å². The van der Waals surface area contributed by atoms with Crippen LogP contribution in [0, 0.1) is 0 Å². The third kappa shape index (κ3) is 3.60. The summed E-state index contributed by atoms with van der Waals surface area (Å²) >= 11 is 1.84. The number of unbranched alkanes of at least 4 members (excludes halogenated alkanes) is 1. The third-order valence-electron chi connectivity index (χ3n) is 2.37. The van der Waals surface area contributed by atoms with Crippen LogP contribution in [0.5, 0.6) is 0 Å². The van der Waals surface area contributed by atoms with Crippen molar-refractivity contribution in [2.75, 3.05) is 5.75 Å². The van der Waals surface area contributed by atoms with Gasteiger partial charge in [-0.1, -0.05) is 48.8 Å². The van der Waals surface area contributed by atoms with Crippen LogP contribution < -0.4 is 0 Å². The van der Waals surface area contributed by atoms with Crippen LogP contribution in [0.2, 0.25) is 0 Å². The van der Waals surface area contributed by atoms with Gasteiger partial charge in [-0.05, 0) is 12.2 Å². The maximum Gasteiger partial charge on any atom is 0.236 e. The third-order valence-corrected chi connectivity index (χ3v) is 3.40. The molecule has 17 heavy (non-hydrogen) atoms. The summed E-state index contributed by atoms with van der Waals surface area (Å²) in [6.07, 6.45) is 2.47. The van der Waals surface area contributed by atoms with E-state index in [1.165, 1.54) is 12.8 Å². The minimum atomic E-state index is 0.677. The average molecular weight is 248 g/mol. The maximum atomic E-state index is 5.22. The second-order valence-electron chi connectivity index (χ2n) is 3.78. The van der Waals surface area contributed by atoms with Crippen molar-refractivity contribution in [3.8, 4) is 11.4 Å². The van der Waals surface area contributed by atoms with E-state index in [4.69, 9.17) is 4.52 Å². The molecule has 4 heteroatoms. The van der Waals surface area contributed by atoms with E-state index in [2.05, 4.69) is 17.1 Å². The van der Waals surface area contributed by atoms with E-state index in [0.717, 1.165) is 17.1 Å². The molecule has 0 radical (unpaired) electrons. The predicted octanol–water partition coefficient (Wildman–Crippen LogP) is 3.77. The molecule has 0 unspecified atom stereocenters. The lowest BCUT2D eigenvalue weighted by atomic mass is 10.2. The van der Waals surface area contributed by atoms with Crippen LogP contribution in [-0.2, 0) is 5.75 Å². The topological polar surface area (TPSA) is 38.9 Å². The minimum Gasteiger partial charge on any atom is -0.338 e. The van der Waals surface area contributed by atoms with Crippen molar-refractivity contribution >= 4 is 11.8 Å². The highest BCUT2D eigenvalue weighted by atomic mass is 32.2. The van der Waals surface area contributed by atoms with Gasteiger partial charge in [0.1, 0.15) is 0 Å². The van der Waals surface area contributed by atoms with Crippen LogP contribution in [-0.4, -0.2) is 15.9 Å². The first-order valence-electron chi connectivity index (χ1n) is 5.86. The Morgan fingerprint density at radius 2 is 2.06 bits per heavy atom. The summed E-state index contributed by atoms with van der Waals surface area (Å²) < 4.78 is 5.22. The smallest absolute Gasteiger partial charge is 0.236 e. The molecule has 0 aliphatic heterocycles. The first-order chi connectivity index (χ1) is 8.40. The number of hydrogen-bond acceptors (Lipinski definition) is 4. The molecule has 90 valence electrons. The zero-order valence-electron chi connectivity index (χ0n) is 9.93. The quantitative estimate of drug-likeness (QED) is 0.729. The molecular weight excluding hydrogens is 232 g/mol. The SMILES string of the molecule is CCCCSCc1nc(-c2ccccc2)no1. The number of thioether (sulfide) groups is 1. The predicted molar refractivity (Wildman–Crippen MR) is 70.8 cm³/mol. The van der Waals surface area contributed by atoms with Crippen molar-refractivity contribution in [3.05, 3.63) is 36.2 Å². The molecule has 0 saturated carbocycles.